The molecule has 0 amide bonds. The van der Waals surface area contributed by atoms with Gasteiger partial charge in [0.2, 0.25) is 0 Å². The summed E-state index contributed by atoms with van der Waals surface area (Å²) >= 11 is 0. The Labute approximate surface area is 147 Å². The molecule has 2 saturated heterocycles. The van der Waals surface area contributed by atoms with Crippen LogP contribution in [0, 0.1) is 0 Å². The van der Waals surface area contributed by atoms with Gasteiger partial charge in [0.05, 0.1) is 31.0 Å². The standard InChI is InChI=1S/C21H20O4/c22-21(25-17-9-5-2-6-10-17)20(15-7-3-1-4-8-15)16(11-18-13-23-18)12-19-14-24-19/h1-10,18-19H,11-14H2. The van der Waals surface area contributed by atoms with Gasteiger partial charge in [-0.2, -0.15) is 0 Å². The minimum atomic E-state index is -0.325. The third kappa shape index (κ3) is 4.35. The van der Waals surface area contributed by atoms with Crippen LogP contribution in [0.1, 0.15) is 18.4 Å². The van der Waals surface area contributed by atoms with Gasteiger partial charge in [0.25, 0.3) is 0 Å². The Morgan fingerprint density at radius 2 is 1.40 bits per heavy atom. The highest BCUT2D eigenvalue weighted by Gasteiger charge is 2.32. The summed E-state index contributed by atoms with van der Waals surface area (Å²) in [7, 11) is 0. The van der Waals surface area contributed by atoms with Gasteiger partial charge in [0, 0.05) is 0 Å². The third-order valence-electron chi connectivity index (χ3n) is 4.33. The Bertz CT molecular complexity index is 743. The molecule has 2 aromatic rings. The van der Waals surface area contributed by atoms with Crippen LogP contribution in [-0.4, -0.2) is 31.4 Å². The molecule has 0 saturated carbocycles. The molecular formula is C21H20O4. The fraction of sp³-hybridized carbons (Fsp3) is 0.286. The SMILES string of the molecule is O=C(Oc1ccccc1)C(=C(CC1CO1)CC1CO1)c1ccccc1. The molecule has 0 aromatic heterocycles. The number of rotatable bonds is 7. The van der Waals surface area contributed by atoms with Crippen molar-refractivity contribution in [2.24, 2.45) is 0 Å². The van der Waals surface area contributed by atoms with Gasteiger partial charge in [0.1, 0.15) is 5.75 Å². The fourth-order valence-electron chi connectivity index (χ4n) is 2.93. The fourth-order valence-corrected chi connectivity index (χ4v) is 2.93. The monoisotopic (exact) mass is 336 g/mol. The Morgan fingerprint density at radius 3 is 1.92 bits per heavy atom. The molecule has 0 aliphatic carbocycles. The van der Waals surface area contributed by atoms with Crippen molar-refractivity contribution in [2.45, 2.75) is 25.0 Å². The zero-order valence-corrected chi connectivity index (χ0v) is 13.9. The van der Waals surface area contributed by atoms with Gasteiger partial charge in [-0.15, -0.1) is 0 Å². The van der Waals surface area contributed by atoms with Crippen LogP contribution in [0.15, 0.2) is 66.2 Å². The summed E-state index contributed by atoms with van der Waals surface area (Å²) in [4.78, 5) is 13.0. The zero-order valence-electron chi connectivity index (χ0n) is 13.9. The van der Waals surface area contributed by atoms with E-state index in [0.29, 0.717) is 11.3 Å². The lowest BCUT2D eigenvalue weighted by Gasteiger charge is -2.14. The van der Waals surface area contributed by atoms with Crippen LogP contribution < -0.4 is 4.74 Å². The summed E-state index contributed by atoms with van der Waals surface area (Å²) in [5.74, 6) is 0.222. The van der Waals surface area contributed by atoms with Gasteiger partial charge in [-0.3, -0.25) is 0 Å². The summed E-state index contributed by atoms with van der Waals surface area (Å²) < 4.78 is 16.4. The summed E-state index contributed by atoms with van der Waals surface area (Å²) in [6, 6.07) is 18.9. The van der Waals surface area contributed by atoms with Crippen LogP contribution in [0.4, 0.5) is 0 Å². The predicted molar refractivity (Wildman–Crippen MR) is 94.2 cm³/mol. The van der Waals surface area contributed by atoms with Crippen molar-refractivity contribution in [1.29, 1.82) is 0 Å². The largest absolute Gasteiger partial charge is 0.423 e. The summed E-state index contributed by atoms with van der Waals surface area (Å²) in [5.41, 5.74) is 2.56. The summed E-state index contributed by atoms with van der Waals surface area (Å²) in [5, 5.41) is 0. The summed E-state index contributed by atoms with van der Waals surface area (Å²) in [6.45, 7) is 1.51. The lowest BCUT2D eigenvalue weighted by Crippen LogP contribution is -2.14. The van der Waals surface area contributed by atoms with Crippen LogP contribution >= 0.6 is 0 Å². The van der Waals surface area contributed by atoms with E-state index in [0.717, 1.165) is 37.2 Å². The molecule has 0 N–H and O–H groups in total. The molecule has 0 radical (unpaired) electrons. The van der Waals surface area contributed by atoms with E-state index >= 15 is 0 Å². The highest BCUT2D eigenvalue weighted by Crippen LogP contribution is 2.33. The van der Waals surface area contributed by atoms with Crippen LogP contribution in [0.5, 0.6) is 5.75 Å². The van der Waals surface area contributed by atoms with Crippen LogP contribution in [0.3, 0.4) is 0 Å². The Hall–Kier alpha value is -2.43. The first-order valence-corrected chi connectivity index (χ1v) is 8.57. The molecule has 2 aliphatic heterocycles. The average Bonchev–Trinajstić information content (AvgIpc) is 3.54. The number of carbonyl (C=O) groups excluding carboxylic acids is 1. The second-order valence-corrected chi connectivity index (χ2v) is 6.37. The number of para-hydroxylation sites is 1. The minimum Gasteiger partial charge on any atom is -0.423 e. The zero-order chi connectivity index (χ0) is 17.1. The van der Waals surface area contributed by atoms with Crippen LogP contribution in [-0.2, 0) is 14.3 Å². The number of hydrogen-bond acceptors (Lipinski definition) is 4. The maximum Gasteiger partial charge on any atom is 0.344 e. The van der Waals surface area contributed by atoms with E-state index < -0.39 is 0 Å². The number of esters is 1. The Balaban J connectivity index is 1.68. The van der Waals surface area contributed by atoms with Gasteiger partial charge in [0.15, 0.2) is 0 Å². The molecule has 4 rings (SSSR count). The van der Waals surface area contributed by atoms with E-state index in [9.17, 15) is 4.79 Å². The quantitative estimate of drug-likeness (QED) is 0.335. The molecule has 2 fully saturated rings. The smallest absolute Gasteiger partial charge is 0.344 e. The molecule has 0 spiro atoms. The van der Waals surface area contributed by atoms with E-state index in [-0.39, 0.29) is 18.2 Å². The van der Waals surface area contributed by atoms with Crippen molar-refractivity contribution in [2.75, 3.05) is 13.2 Å². The van der Waals surface area contributed by atoms with Gasteiger partial charge in [-0.1, -0.05) is 48.5 Å². The molecule has 2 atom stereocenters. The van der Waals surface area contributed by atoms with E-state index in [1.165, 1.54) is 0 Å². The molecule has 2 aliphatic rings. The molecule has 2 unspecified atom stereocenters. The van der Waals surface area contributed by atoms with Crippen LogP contribution in [0.25, 0.3) is 5.57 Å². The van der Waals surface area contributed by atoms with E-state index in [2.05, 4.69) is 0 Å². The normalized spacial score (nSPS) is 20.6. The number of epoxide rings is 2. The number of carbonyl (C=O) groups is 1. The lowest BCUT2D eigenvalue weighted by molar-refractivity contribution is -0.128. The molecule has 2 heterocycles. The average molecular weight is 336 g/mol. The molecule has 2 aromatic carbocycles. The van der Waals surface area contributed by atoms with E-state index in [1.54, 1.807) is 12.1 Å². The van der Waals surface area contributed by atoms with Crippen LogP contribution in [0.2, 0.25) is 0 Å². The second kappa shape index (κ2) is 7.21. The molecule has 25 heavy (non-hydrogen) atoms. The van der Waals surface area contributed by atoms with Gasteiger partial charge >= 0.3 is 5.97 Å². The highest BCUT2D eigenvalue weighted by molar-refractivity contribution is 6.18. The lowest BCUT2D eigenvalue weighted by atomic mass is 9.93. The van der Waals surface area contributed by atoms with E-state index in [1.807, 2.05) is 48.5 Å². The molecule has 4 nitrogen and oxygen atoms in total. The molecule has 128 valence electrons. The number of ether oxygens (including phenoxy) is 3. The van der Waals surface area contributed by atoms with Crippen molar-refractivity contribution in [3.05, 3.63) is 71.8 Å². The highest BCUT2D eigenvalue weighted by atomic mass is 16.6. The minimum absolute atomic E-state index is 0.206. The first kappa shape index (κ1) is 16.1. The van der Waals surface area contributed by atoms with E-state index in [4.69, 9.17) is 14.2 Å². The first-order valence-electron chi connectivity index (χ1n) is 8.57. The first-order chi connectivity index (χ1) is 12.3. The molecule has 0 bridgehead atoms. The van der Waals surface area contributed by atoms with Gasteiger partial charge < -0.3 is 14.2 Å². The number of benzene rings is 2. The number of hydrogen-bond donors (Lipinski definition) is 0. The van der Waals surface area contributed by atoms with Crippen molar-refractivity contribution in [3.63, 3.8) is 0 Å². The third-order valence-corrected chi connectivity index (χ3v) is 4.33. The van der Waals surface area contributed by atoms with Crippen molar-refractivity contribution < 1.29 is 19.0 Å². The Kier molecular flexibility index (Phi) is 4.63. The molecule has 4 heteroatoms. The second-order valence-electron chi connectivity index (χ2n) is 6.37. The maximum atomic E-state index is 13.0. The van der Waals surface area contributed by atoms with Gasteiger partial charge in [-0.25, -0.2) is 4.79 Å². The van der Waals surface area contributed by atoms with Crippen molar-refractivity contribution in [1.82, 2.24) is 0 Å². The maximum absolute atomic E-state index is 13.0. The summed E-state index contributed by atoms with van der Waals surface area (Å²) in [6.07, 6.45) is 1.90. The van der Waals surface area contributed by atoms with Crippen molar-refractivity contribution in [3.8, 4) is 5.75 Å². The Morgan fingerprint density at radius 1 is 0.880 bits per heavy atom. The predicted octanol–water partition coefficient (Wildman–Crippen LogP) is 3.62. The topological polar surface area (TPSA) is 51.4 Å². The van der Waals surface area contributed by atoms with Crippen molar-refractivity contribution >= 4 is 11.5 Å². The molecular weight excluding hydrogens is 316 g/mol. The van der Waals surface area contributed by atoms with Gasteiger partial charge in [-0.05, 0) is 36.1 Å².